The fourth-order valence-corrected chi connectivity index (χ4v) is 10.2. The molecule has 2 aliphatic carbocycles. The largest absolute Gasteiger partial charge is 0.456 e. The van der Waals surface area contributed by atoms with Crippen LogP contribution in [0.15, 0.2) is 23.3 Å². The first-order valence-corrected chi connectivity index (χ1v) is 22.9. The Bertz CT molecular complexity index is 1630. The Morgan fingerprint density at radius 2 is 1.61 bits per heavy atom. The number of rotatable bonds is 8. The summed E-state index contributed by atoms with van der Waals surface area (Å²) < 4.78 is 30.2. The van der Waals surface area contributed by atoms with Crippen molar-refractivity contribution in [2.24, 2.45) is 35.5 Å². The van der Waals surface area contributed by atoms with E-state index >= 15 is 0 Å². The van der Waals surface area contributed by atoms with Crippen molar-refractivity contribution in [1.82, 2.24) is 10.2 Å². The number of fused-ring (bicyclic) bond motifs is 3. The molecule has 4 fully saturated rings. The maximum absolute atomic E-state index is 14.4. The second-order valence-electron chi connectivity index (χ2n) is 19.0. The summed E-state index contributed by atoms with van der Waals surface area (Å²) in [4.78, 5) is 70.7. The highest BCUT2D eigenvalue weighted by atomic mass is 16.7. The maximum atomic E-state index is 14.4. The Morgan fingerprint density at radius 3 is 2.25 bits per heavy atom. The van der Waals surface area contributed by atoms with Gasteiger partial charge in [0.1, 0.15) is 24.0 Å². The molecule has 0 unspecified atom stereocenters. The van der Waals surface area contributed by atoms with Crippen LogP contribution in [0, 0.1) is 35.5 Å². The molecule has 0 aromatic carbocycles. The minimum atomic E-state index is -2.51. The van der Waals surface area contributed by atoms with E-state index in [4.69, 9.17) is 23.7 Å². The quantitative estimate of drug-likeness (QED) is 0.169. The third kappa shape index (κ3) is 11.8. The van der Waals surface area contributed by atoms with Gasteiger partial charge >= 0.3 is 5.97 Å². The fraction of sp³-hybridized carbons (Fsp3) is 0.809. The number of carbonyl (C=O) groups excluding carboxylic acids is 5. The zero-order valence-corrected chi connectivity index (χ0v) is 38.1. The molecule has 14 atom stereocenters. The number of amides is 2. The molecule has 3 N–H and O–H groups in total. The number of carbonyl (C=O) groups is 5. The number of Topliss-reactive ketones (excluding diaryl/α,β-unsaturated/α-hetero) is 2. The van der Waals surface area contributed by atoms with Gasteiger partial charge in [-0.1, -0.05) is 45.4 Å². The van der Waals surface area contributed by atoms with E-state index in [1.165, 1.54) is 19.1 Å². The van der Waals surface area contributed by atoms with Crippen LogP contribution in [0.3, 0.4) is 0 Å². The molecule has 344 valence electrons. The lowest BCUT2D eigenvalue weighted by Crippen LogP contribution is -2.64. The van der Waals surface area contributed by atoms with E-state index < -0.39 is 77.8 Å². The molecule has 2 saturated carbocycles. The Labute approximate surface area is 362 Å². The van der Waals surface area contributed by atoms with Crippen molar-refractivity contribution < 1.29 is 57.9 Å². The molecule has 2 bridgehead atoms. The van der Waals surface area contributed by atoms with Gasteiger partial charge in [-0.2, -0.15) is 0 Å². The predicted molar refractivity (Wildman–Crippen MR) is 227 cm³/mol. The van der Waals surface area contributed by atoms with Crippen LogP contribution in [0.4, 0.5) is 0 Å². The molecule has 0 aromatic rings. The molecule has 0 radical (unpaired) electrons. The van der Waals surface area contributed by atoms with Crippen LogP contribution < -0.4 is 5.32 Å². The first-order valence-electron chi connectivity index (χ1n) is 22.9. The van der Waals surface area contributed by atoms with Crippen LogP contribution in [-0.2, 0) is 47.7 Å². The molecule has 0 aromatic heterocycles. The van der Waals surface area contributed by atoms with Crippen molar-refractivity contribution in [3.05, 3.63) is 23.3 Å². The van der Waals surface area contributed by atoms with Gasteiger partial charge in [0.2, 0.25) is 11.7 Å². The first-order chi connectivity index (χ1) is 28.9. The van der Waals surface area contributed by atoms with Crippen molar-refractivity contribution >= 4 is 29.4 Å². The number of aliphatic hydroxyl groups is 2. The van der Waals surface area contributed by atoms with Gasteiger partial charge in [0.15, 0.2) is 0 Å². The van der Waals surface area contributed by atoms with Gasteiger partial charge in [0.25, 0.3) is 11.7 Å². The molecule has 3 aliphatic heterocycles. The van der Waals surface area contributed by atoms with Gasteiger partial charge in [0.05, 0.1) is 30.5 Å². The second-order valence-corrected chi connectivity index (χ2v) is 19.0. The number of nitrogens with zero attached hydrogens (tertiary/aromatic N) is 1. The van der Waals surface area contributed by atoms with Gasteiger partial charge in [-0.25, -0.2) is 4.79 Å². The van der Waals surface area contributed by atoms with Crippen molar-refractivity contribution in [3.8, 4) is 0 Å². The number of hydrogen-bond donors (Lipinski definition) is 3. The summed E-state index contributed by atoms with van der Waals surface area (Å²) in [5, 5.41) is 27.0. The highest BCUT2D eigenvalue weighted by Crippen LogP contribution is 2.39. The standard InChI is InChI=1S/C47H74N2O12/c1-10-32-20-26(2)19-27(3)21-39(58-8)42-40(59-9)23-29(5)47(56,61-42)43(52)45(54)49-18-12-11-13-35(49)46(55)60-41(30(6)36(50)25-37(32)51)28(4)22-31-14-17-34(38(24-31)57-7)48-44(53)33-15-16-33/h20,22,27,29-36,38-42,50,56H,10-19,21,23-25H2,1-9H3,(H,48,53)/b26-20+,28-22+/t27-,29+,30+,31-,32+,34-,35-,36-,38+,39-,40-,41+,42+,47+/m0/s1. The molecule has 14 heteroatoms. The zero-order chi connectivity index (χ0) is 44.8. The molecule has 3 heterocycles. The topological polar surface area (TPSA) is 187 Å². The first kappa shape index (κ1) is 49.0. The summed E-state index contributed by atoms with van der Waals surface area (Å²) in [6, 6.07) is -1.25. The molecule has 14 nitrogen and oxygen atoms in total. The number of aliphatic hydroxyl groups excluding tert-OH is 1. The lowest BCUT2D eigenvalue weighted by Gasteiger charge is -2.47. The molecule has 2 saturated heterocycles. The SMILES string of the molecule is CC[C@@H]1/C=C(\C)C[C@H](C)C[C@H](OC)[C@H]2O[C@@](O)(C(=O)C(=O)N3CCCC[C@H]3C(=O)O[C@H](/C(C)=C/[C@@H]3CC[C@H](NC(=O)C4CC4)[C@H](OC)C3)[C@H](C)[C@@H](O)CC1=O)[C@H](C)C[C@@H]2OC. The maximum Gasteiger partial charge on any atom is 0.329 e. The summed E-state index contributed by atoms with van der Waals surface area (Å²) >= 11 is 0. The number of allylic oxidation sites excluding steroid dienone is 3. The lowest BCUT2D eigenvalue weighted by atomic mass is 9.80. The summed E-state index contributed by atoms with van der Waals surface area (Å²) in [5.74, 6) is -7.36. The molecular formula is C47H74N2O12. The smallest absolute Gasteiger partial charge is 0.329 e. The summed E-state index contributed by atoms with van der Waals surface area (Å²) in [6.07, 6.45) is 6.54. The Hall–Kier alpha value is -3.01. The van der Waals surface area contributed by atoms with Crippen LogP contribution in [0.5, 0.6) is 0 Å². The molecule has 5 rings (SSSR count). The van der Waals surface area contributed by atoms with Gasteiger partial charge in [-0.05, 0) is 108 Å². The summed E-state index contributed by atoms with van der Waals surface area (Å²) in [6.45, 7) is 11.3. The van der Waals surface area contributed by atoms with E-state index in [2.05, 4.69) is 12.2 Å². The predicted octanol–water partition coefficient (Wildman–Crippen LogP) is 5.01. The number of hydrogen-bond acceptors (Lipinski definition) is 12. The molecule has 2 amide bonds. The van der Waals surface area contributed by atoms with E-state index in [0.717, 1.165) is 24.8 Å². The van der Waals surface area contributed by atoms with E-state index in [-0.39, 0.29) is 67.4 Å². The number of cyclic esters (lactones) is 1. The fourth-order valence-electron chi connectivity index (χ4n) is 10.2. The average molecular weight is 859 g/mol. The zero-order valence-electron chi connectivity index (χ0n) is 38.1. The normalized spacial score (nSPS) is 40.2. The average Bonchev–Trinajstić information content (AvgIpc) is 4.10. The van der Waals surface area contributed by atoms with Gasteiger partial charge < -0.3 is 44.1 Å². The summed E-state index contributed by atoms with van der Waals surface area (Å²) in [7, 11) is 4.71. The van der Waals surface area contributed by atoms with Crippen molar-refractivity contribution in [2.75, 3.05) is 27.9 Å². The third-order valence-electron chi connectivity index (χ3n) is 14.2. The number of piperidine rings is 1. The van der Waals surface area contributed by atoms with Crippen LogP contribution in [-0.4, -0.2) is 127 Å². The van der Waals surface area contributed by atoms with Gasteiger partial charge in [-0.15, -0.1) is 0 Å². The monoisotopic (exact) mass is 859 g/mol. The van der Waals surface area contributed by atoms with Crippen LogP contribution >= 0.6 is 0 Å². The highest BCUT2D eigenvalue weighted by molar-refractivity contribution is 6.39. The number of esters is 1. The van der Waals surface area contributed by atoms with E-state index in [0.29, 0.717) is 50.5 Å². The Balaban J connectivity index is 1.49. The van der Waals surface area contributed by atoms with Crippen LogP contribution in [0.1, 0.15) is 125 Å². The molecule has 5 aliphatic rings. The minimum absolute atomic E-state index is 0.0108. The van der Waals surface area contributed by atoms with E-state index in [1.807, 2.05) is 32.9 Å². The van der Waals surface area contributed by atoms with Crippen molar-refractivity contribution in [3.63, 3.8) is 0 Å². The van der Waals surface area contributed by atoms with Crippen LogP contribution in [0.2, 0.25) is 0 Å². The van der Waals surface area contributed by atoms with Gasteiger partial charge in [0, 0.05) is 58.0 Å². The van der Waals surface area contributed by atoms with E-state index in [1.54, 1.807) is 21.0 Å². The Morgan fingerprint density at radius 1 is 0.934 bits per heavy atom. The second kappa shape index (κ2) is 21.6. The van der Waals surface area contributed by atoms with Crippen LogP contribution in [0.25, 0.3) is 0 Å². The van der Waals surface area contributed by atoms with Gasteiger partial charge in [-0.3, -0.25) is 19.2 Å². The number of ketones is 2. The molecule has 61 heavy (non-hydrogen) atoms. The summed E-state index contributed by atoms with van der Waals surface area (Å²) in [5.41, 5.74) is 1.67. The van der Waals surface area contributed by atoms with E-state index in [9.17, 15) is 34.2 Å². The number of nitrogens with one attached hydrogen (secondary N) is 1. The third-order valence-corrected chi connectivity index (χ3v) is 14.2. The Kier molecular flexibility index (Phi) is 17.3. The minimum Gasteiger partial charge on any atom is -0.456 e. The lowest BCUT2D eigenvalue weighted by molar-refractivity contribution is -0.302. The van der Waals surface area contributed by atoms with Crippen molar-refractivity contribution in [2.45, 2.75) is 180 Å². The van der Waals surface area contributed by atoms with Crippen molar-refractivity contribution in [1.29, 1.82) is 0 Å². The molecule has 0 spiro atoms. The highest BCUT2D eigenvalue weighted by Gasteiger charge is 2.56. The number of methoxy groups -OCH3 is 3. The molecular weight excluding hydrogens is 785 g/mol. The number of ether oxygens (including phenoxy) is 5.